The van der Waals surface area contributed by atoms with Crippen molar-refractivity contribution in [2.24, 2.45) is 17.8 Å². The van der Waals surface area contributed by atoms with Crippen molar-refractivity contribution >= 4 is 0 Å². The summed E-state index contributed by atoms with van der Waals surface area (Å²) in [5.74, 6) is 2.42. The van der Waals surface area contributed by atoms with Crippen molar-refractivity contribution in [3.63, 3.8) is 0 Å². The lowest BCUT2D eigenvalue weighted by molar-refractivity contribution is 0.0818. The maximum absolute atomic E-state index is 3.77. The van der Waals surface area contributed by atoms with E-state index in [4.69, 9.17) is 0 Å². The quantitative estimate of drug-likeness (QED) is 0.782. The van der Waals surface area contributed by atoms with Gasteiger partial charge in [-0.05, 0) is 44.1 Å². The summed E-state index contributed by atoms with van der Waals surface area (Å²) < 4.78 is 0. The Labute approximate surface area is 115 Å². The third-order valence-corrected chi connectivity index (χ3v) is 4.48. The fraction of sp³-hybridized carbons (Fsp3) is 1.00. The maximum Gasteiger partial charge on any atom is 0.0198 e. The van der Waals surface area contributed by atoms with Gasteiger partial charge in [0.05, 0.1) is 0 Å². The van der Waals surface area contributed by atoms with E-state index in [1.165, 1.54) is 25.9 Å². The Hall–Kier alpha value is -0.0800. The molecule has 1 rings (SSSR count). The zero-order valence-electron chi connectivity index (χ0n) is 13.4. The topological polar surface area (TPSA) is 15.3 Å². The standard InChI is InChI=1S/C16H34N2/c1-7-14(6)18-10-15(13(4)5)8-16(11-18)17-9-12(2)3/h12-17H,7-11H2,1-6H3. The fourth-order valence-corrected chi connectivity index (χ4v) is 2.82. The lowest BCUT2D eigenvalue weighted by atomic mass is 9.84. The fourth-order valence-electron chi connectivity index (χ4n) is 2.82. The molecule has 0 spiro atoms. The summed E-state index contributed by atoms with van der Waals surface area (Å²) in [4.78, 5) is 2.70. The van der Waals surface area contributed by atoms with Crippen LogP contribution in [0.1, 0.15) is 54.4 Å². The zero-order valence-corrected chi connectivity index (χ0v) is 13.4. The Morgan fingerprint density at radius 1 is 1.11 bits per heavy atom. The average molecular weight is 254 g/mol. The van der Waals surface area contributed by atoms with Crippen LogP contribution in [0.3, 0.4) is 0 Å². The number of piperidine rings is 1. The van der Waals surface area contributed by atoms with Gasteiger partial charge in [0.1, 0.15) is 0 Å². The highest BCUT2D eigenvalue weighted by Crippen LogP contribution is 2.25. The van der Waals surface area contributed by atoms with E-state index in [0.29, 0.717) is 6.04 Å². The highest BCUT2D eigenvalue weighted by molar-refractivity contribution is 4.86. The summed E-state index contributed by atoms with van der Waals surface area (Å²) in [7, 11) is 0. The minimum absolute atomic E-state index is 0.697. The van der Waals surface area contributed by atoms with Gasteiger partial charge in [-0.3, -0.25) is 4.90 Å². The molecule has 0 aliphatic carbocycles. The van der Waals surface area contributed by atoms with Gasteiger partial charge >= 0.3 is 0 Å². The van der Waals surface area contributed by atoms with Gasteiger partial charge in [-0.25, -0.2) is 0 Å². The van der Waals surface area contributed by atoms with E-state index < -0.39 is 0 Å². The predicted octanol–water partition coefficient (Wildman–Crippen LogP) is 3.38. The minimum atomic E-state index is 0.697. The molecule has 18 heavy (non-hydrogen) atoms. The first-order valence-corrected chi connectivity index (χ1v) is 7.91. The lowest BCUT2D eigenvalue weighted by Crippen LogP contribution is -2.53. The molecule has 2 heteroatoms. The SMILES string of the molecule is CCC(C)N1CC(NCC(C)C)CC(C(C)C)C1. The van der Waals surface area contributed by atoms with Crippen molar-refractivity contribution in [3.8, 4) is 0 Å². The van der Waals surface area contributed by atoms with Crippen molar-refractivity contribution in [1.82, 2.24) is 10.2 Å². The average Bonchev–Trinajstić information content (AvgIpc) is 2.34. The van der Waals surface area contributed by atoms with E-state index in [1.807, 2.05) is 0 Å². The molecule has 0 bridgehead atoms. The van der Waals surface area contributed by atoms with Crippen LogP contribution in [0.2, 0.25) is 0 Å². The largest absolute Gasteiger partial charge is 0.312 e. The van der Waals surface area contributed by atoms with Crippen molar-refractivity contribution in [3.05, 3.63) is 0 Å². The maximum atomic E-state index is 3.77. The van der Waals surface area contributed by atoms with E-state index in [-0.39, 0.29) is 0 Å². The molecule has 1 aliphatic heterocycles. The molecule has 1 aliphatic rings. The molecule has 0 radical (unpaired) electrons. The summed E-state index contributed by atoms with van der Waals surface area (Å²) in [6, 6.07) is 1.43. The van der Waals surface area contributed by atoms with Crippen LogP contribution in [0.5, 0.6) is 0 Å². The minimum Gasteiger partial charge on any atom is -0.312 e. The van der Waals surface area contributed by atoms with Gasteiger partial charge in [-0.2, -0.15) is 0 Å². The van der Waals surface area contributed by atoms with Gasteiger partial charge in [-0.15, -0.1) is 0 Å². The molecule has 0 aromatic carbocycles. The third kappa shape index (κ3) is 4.89. The molecule has 1 saturated heterocycles. The number of hydrogen-bond acceptors (Lipinski definition) is 2. The van der Waals surface area contributed by atoms with Crippen LogP contribution in [0.4, 0.5) is 0 Å². The second kappa shape index (κ2) is 7.49. The van der Waals surface area contributed by atoms with Crippen molar-refractivity contribution < 1.29 is 0 Å². The molecule has 3 atom stereocenters. The highest BCUT2D eigenvalue weighted by Gasteiger charge is 2.30. The molecule has 0 amide bonds. The Balaban J connectivity index is 2.56. The van der Waals surface area contributed by atoms with Gasteiger partial charge in [0.25, 0.3) is 0 Å². The van der Waals surface area contributed by atoms with E-state index in [9.17, 15) is 0 Å². The van der Waals surface area contributed by atoms with E-state index in [2.05, 4.69) is 51.8 Å². The van der Waals surface area contributed by atoms with Crippen LogP contribution < -0.4 is 5.32 Å². The van der Waals surface area contributed by atoms with Crippen LogP contribution in [-0.4, -0.2) is 36.6 Å². The van der Waals surface area contributed by atoms with Gasteiger partial charge in [0, 0.05) is 25.2 Å². The zero-order chi connectivity index (χ0) is 13.7. The Kier molecular flexibility index (Phi) is 6.65. The summed E-state index contributed by atoms with van der Waals surface area (Å²) in [5.41, 5.74) is 0. The molecular formula is C16H34N2. The van der Waals surface area contributed by atoms with Crippen LogP contribution in [0.15, 0.2) is 0 Å². The highest BCUT2D eigenvalue weighted by atomic mass is 15.2. The summed E-state index contributed by atoms with van der Waals surface area (Å²) in [6.07, 6.45) is 2.62. The second-order valence-corrected chi connectivity index (χ2v) is 6.95. The van der Waals surface area contributed by atoms with Gasteiger partial charge < -0.3 is 5.32 Å². The summed E-state index contributed by atoms with van der Waals surface area (Å²) in [6.45, 7) is 17.7. The Morgan fingerprint density at radius 3 is 2.28 bits per heavy atom. The predicted molar refractivity (Wildman–Crippen MR) is 80.9 cm³/mol. The first kappa shape index (κ1) is 16.0. The molecule has 0 aromatic rings. The number of nitrogens with zero attached hydrogens (tertiary/aromatic N) is 1. The third-order valence-electron chi connectivity index (χ3n) is 4.48. The van der Waals surface area contributed by atoms with Crippen LogP contribution in [-0.2, 0) is 0 Å². The normalized spacial score (nSPS) is 28.0. The van der Waals surface area contributed by atoms with Gasteiger partial charge in [0.2, 0.25) is 0 Å². The summed E-state index contributed by atoms with van der Waals surface area (Å²) in [5, 5.41) is 3.77. The molecule has 0 aromatic heterocycles. The molecular weight excluding hydrogens is 220 g/mol. The van der Waals surface area contributed by atoms with E-state index >= 15 is 0 Å². The molecule has 2 nitrogen and oxygen atoms in total. The monoisotopic (exact) mass is 254 g/mol. The lowest BCUT2D eigenvalue weighted by Gasteiger charge is -2.42. The van der Waals surface area contributed by atoms with Crippen molar-refractivity contribution in [2.45, 2.75) is 66.5 Å². The molecule has 1 heterocycles. The van der Waals surface area contributed by atoms with Crippen molar-refractivity contribution in [2.75, 3.05) is 19.6 Å². The molecule has 3 unspecified atom stereocenters. The van der Waals surface area contributed by atoms with E-state index in [0.717, 1.165) is 30.3 Å². The number of nitrogens with one attached hydrogen (secondary N) is 1. The first-order valence-electron chi connectivity index (χ1n) is 7.91. The molecule has 1 N–H and O–H groups in total. The number of rotatable bonds is 6. The van der Waals surface area contributed by atoms with Gasteiger partial charge in [-0.1, -0.05) is 34.6 Å². The van der Waals surface area contributed by atoms with E-state index in [1.54, 1.807) is 0 Å². The van der Waals surface area contributed by atoms with Crippen LogP contribution in [0, 0.1) is 17.8 Å². The molecule has 1 fully saturated rings. The first-order chi connectivity index (χ1) is 8.43. The molecule has 108 valence electrons. The van der Waals surface area contributed by atoms with Crippen LogP contribution in [0.25, 0.3) is 0 Å². The smallest absolute Gasteiger partial charge is 0.0198 e. The van der Waals surface area contributed by atoms with Crippen LogP contribution >= 0.6 is 0 Å². The Bertz CT molecular complexity index is 225. The number of likely N-dealkylation sites (tertiary alicyclic amines) is 1. The van der Waals surface area contributed by atoms with Crippen molar-refractivity contribution in [1.29, 1.82) is 0 Å². The summed E-state index contributed by atoms with van der Waals surface area (Å²) >= 11 is 0. The van der Waals surface area contributed by atoms with Gasteiger partial charge in [0.15, 0.2) is 0 Å². The number of hydrogen-bond donors (Lipinski definition) is 1. The molecule has 0 saturated carbocycles. The Morgan fingerprint density at radius 2 is 1.78 bits per heavy atom. The second-order valence-electron chi connectivity index (χ2n) is 6.95.